The summed E-state index contributed by atoms with van der Waals surface area (Å²) in [4.78, 5) is 36.9. The van der Waals surface area contributed by atoms with Gasteiger partial charge in [-0.2, -0.15) is 0 Å². The fourth-order valence-corrected chi connectivity index (χ4v) is 4.97. The summed E-state index contributed by atoms with van der Waals surface area (Å²) in [5, 5.41) is 14.7. The van der Waals surface area contributed by atoms with Gasteiger partial charge in [0.2, 0.25) is 11.8 Å². The Hall–Kier alpha value is -3.02. The van der Waals surface area contributed by atoms with Crippen molar-refractivity contribution in [2.45, 2.75) is 11.5 Å². The van der Waals surface area contributed by atoms with E-state index in [1.807, 2.05) is 24.3 Å². The molecule has 0 unspecified atom stereocenters. The van der Waals surface area contributed by atoms with Crippen molar-refractivity contribution < 1.29 is 14.5 Å². The molecule has 1 heterocycles. The second-order valence-corrected chi connectivity index (χ2v) is 6.53. The van der Waals surface area contributed by atoms with E-state index in [-0.39, 0.29) is 10.8 Å². The number of hydrogen-bond donors (Lipinski definition) is 1. The molecule has 4 aliphatic rings. The Bertz CT molecular complexity index is 904. The van der Waals surface area contributed by atoms with Gasteiger partial charge < -0.3 is 0 Å². The fourth-order valence-electron chi connectivity index (χ4n) is 4.97. The minimum Gasteiger partial charge on any atom is -0.296 e. The molecule has 2 aromatic rings. The lowest BCUT2D eigenvalue weighted by Gasteiger charge is -2.48. The number of benzene rings is 2. The third-order valence-corrected chi connectivity index (χ3v) is 5.70. The molecule has 2 amide bonds. The van der Waals surface area contributed by atoms with Gasteiger partial charge in [-0.25, -0.2) is 0 Å². The van der Waals surface area contributed by atoms with E-state index in [9.17, 15) is 19.7 Å². The van der Waals surface area contributed by atoms with E-state index >= 15 is 0 Å². The highest BCUT2D eigenvalue weighted by atomic mass is 16.6. The van der Waals surface area contributed by atoms with Gasteiger partial charge in [-0.05, 0) is 11.1 Å². The van der Waals surface area contributed by atoms with Crippen LogP contribution in [0.5, 0.6) is 0 Å². The number of rotatable bonds is 1. The van der Waals surface area contributed by atoms with Crippen molar-refractivity contribution in [3.05, 3.63) is 80.9 Å². The van der Waals surface area contributed by atoms with Crippen LogP contribution in [0.2, 0.25) is 0 Å². The van der Waals surface area contributed by atoms with Crippen LogP contribution in [0.1, 0.15) is 28.2 Å². The Kier molecular flexibility index (Phi) is 2.28. The molecule has 2 bridgehead atoms. The van der Waals surface area contributed by atoms with Crippen LogP contribution < -0.4 is 5.32 Å². The number of hydrogen-bond acceptors (Lipinski definition) is 4. The van der Waals surface area contributed by atoms with Gasteiger partial charge in [-0.1, -0.05) is 48.5 Å². The number of carbonyl (C=O) groups excluding carboxylic acids is 2. The van der Waals surface area contributed by atoms with Crippen LogP contribution in [-0.2, 0) is 15.1 Å². The second-order valence-electron chi connectivity index (χ2n) is 6.53. The summed E-state index contributed by atoms with van der Waals surface area (Å²) in [5.74, 6) is -3.01. The summed E-state index contributed by atoms with van der Waals surface area (Å²) in [7, 11) is 0. The van der Waals surface area contributed by atoms with Crippen molar-refractivity contribution in [2.24, 2.45) is 11.8 Å². The highest BCUT2D eigenvalue weighted by Gasteiger charge is 2.73. The van der Waals surface area contributed by atoms with Gasteiger partial charge in [0.05, 0.1) is 5.92 Å². The molecule has 6 heteroatoms. The zero-order chi connectivity index (χ0) is 16.6. The standard InChI is InChI=1S/C18H12N2O4/c21-16-14-13-9-5-1-3-7-11(9)18(20(23)24,15(14)17(22)19-16)12-8-4-2-6-10(12)13/h1-8,13-15H,(H,19,21,22)/t13?,14-,15-,18?/m1/s1. The molecule has 1 N–H and O–H groups in total. The largest absolute Gasteiger partial charge is 0.296 e. The van der Waals surface area contributed by atoms with Crippen molar-refractivity contribution in [3.63, 3.8) is 0 Å². The number of nitro groups is 1. The third-order valence-electron chi connectivity index (χ3n) is 5.70. The molecule has 24 heavy (non-hydrogen) atoms. The first-order valence-electron chi connectivity index (χ1n) is 7.76. The molecular weight excluding hydrogens is 308 g/mol. The minimum absolute atomic E-state index is 0.323. The molecule has 1 aliphatic heterocycles. The number of carbonyl (C=O) groups is 2. The summed E-state index contributed by atoms with van der Waals surface area (Å²) in [6.07, 6.45) is 0. The van der Waals surface area contributed by atoms with E-state index in [1.54, 1.807) is 24.3 Å². The fraction of sp³-hybridized carbons (Fsp3) is 0.222. The van der Waals surface area contributed by atoms with Crippen LogP contribution in [0.25, 0.3) is 0 Å². The van der Waals surface area contributed by atoms with Crippen LogP contribution in [-0.4, -0.2) is 16.7 Å². The topological polar surface area (TPSA) is 89.3 Å². The Morgan fingerprint density at radius 1 is 0.917 bits per heavy atom. The molecule has 6 nitrogen and oxygen atoms in total. The molecule has 0 spiro atoms. The summed E-state index contributed by atoms with van der Waals surface area (Å²) >= 11 is 0. The molecule has 2 atom stereocenters. The lowest BCUT2D eigenvalue weighted by Crippen LogP contribution is -2.57. The van der Waals surface area contributed by atoms with Gasteiger partial charge in [-0.15, -0.1) is 0 Å². The lowest BCUT2D eigenvalue weighted by molar-refractivity contribution is -0.578. The maximum atomic E-state index is 12.5. The Labute approximate surface area is 136 Å². The van der Waals surface area contributed by atoms with E-state index in [1.165, 1.54) is 0 Å². The van der Waals surface area contributed by atoms with Crippen LogP contribution in [0.4, 0.5) is 0 Å². The zero-order valence-corrected chi connectivity index (χ0v) is 12.4. The first-order valence-corrected chi connectivity index (χ1v) is 7.76. The predicted molar refractivity (Wildman–Crippen MR) is 82.6 cm³/mol. The van der Waals surface area contributed by atoms with Gasteiger partial charge in [0.25, 0.3) is 5.54 Å². The van der Waals surface area contributed by atoms with E-state index in [0.29, 0.717) is 11.1 Å². The summed E-state index contributed by atoms with van der Waals surface area (Å²) in [6, 6.07) is 14.2. The normalized spacial score (nSPS) is 31.9. The number of amides is 2. The van der Waals surface area contributed by atoms with E-state index in [0.717, 1.165) is 11.1 Å². The molecule has 0 radical (unpaired) electrons. The van der Waals surface area contributed by atoms with Gasteiger partial charge in [0, 0.05) is 22.0 Å². The Morgan fingerprint density at radius 3 is 2.00 bits per heavy atom. The van der Waals surface area contributed by atoms with Gasteiger partial charge >= 0.3 is 0 Å². The maximum absolute atomic E-state index is 12.5. The SMILES string of the molecule is O=C1NC(=O)[C@H]2[C@H]1C1c3ccccc3C2([N+](=O)[O-])c2ccccc21. The van der Waals surface area contributed by atoms with Crippen molar-refractivity contribution in [1.82, 2.24) is 5.32 Å². The number of imide groups is 1. The van der Waals surface area contributed by atoms with Crippen molar-refractivity contribution in [3.8, 4) is 0 Å². The molecular formula is C18H12N2O4. The van der Waals surface area contributed by atoms with Crippen molar-refractivity contribution >= 4 is 11.8 Å². The number of nitrogens with one attached hydrogen (secondary N) is 1. The molecule has 0 saturated carbocycles. The lowest BCUT2D eigenvalue weighted by atomic mass is 9.51. The van der Waals surface area contributed by atoms with E-state index in [2.05, 4.69) is 5.32 Å². The molecule has 0 aromatic heterocycles. The highest BCUT2D eigenvalue weighted by Crippen LogP contribution is 2.62. The summed E-state index contributed by atoms with van der Waals surface area (Å²) in [5.41, 5.74) is 0.913. The van der Waals surface area contributed by atoms with Crippen LogP contribution in [0, 0.1) is 22.0 Å². The first kappa shape index (κ1) is 13.4. The van der Waals surface area contributed by atoms with Crippen molar-refractivity contribution in [1.29, 1.82) is 0 Å². The predicted octanol–water partition coefficient (Wildman–Crippen LogP) is 1.55. The first-order chi connectivity index (χ1) is 11.6. The Morgan fingerprint density at radius 2 is 1.46 bits per heavy atom. The van der Waals surface area contributed by atoms with Gasteiger partial charge in [0.15, 0.2) is 0 Å². The van der Waals surface area contributed by atoms with Crippen LogP contribution in [0.15, 0.2) is 48.5 Å². The third kappa shape index (κ3) is 1.22. The molecule has 6 rings (SSSR count). The van der Waals surface area contributed by atoms with Gasteiger partial charge in [-0.3, -0.25) is 25.0 Å². The molecule has 1 fully saturated rings. The smallest absolute Gasteiger partial charge is 0.284 e. The summed E-state index contributed by atoms with van der Waals surface area (Å²) in [6.45, 7) is 0. The summed E-state index contributed by atoms with van der Waals surface area (Å²) < 4.78 is 0. The van der Waals surface area contributed by atoms with E-state index in [4.69, 9.17) is 0 Å². The number of nitrogens with zero attached hydrogens (tertiary/aromatic N) is 1. The quantitative estimate of drug-likeness (QED) is 0.490. The van der Waals surface area contributed by atoms with Crippen LogP contribution in [0.3, 0.4) is 0 Å². The molecule has 3 aliphatic carbocycles. The molecule has 1 saturated heterocycles. The van der Waals surface area contributed by atoms with Crippen molar-refractivity contribution in [2.75, 3.05) is 0 Å². The zero-order valence-electron chi connectivity index (χ0n) is 12.4. The maximum Gasteiger partial charge on any atom is 0.284 e. The average Bonchev–Trinajstić information content (AvgIpc) is 2.90. The highest BCUT2D eigenvalue weighted by molar-refractivity contribution is 6.08. The minimum atomic E-state index is -1.71. The Balaban J connectivity index is 1.99. The van der Waals surface area contributed by atoms with E-state index < -0.39 is 29.2 Å². The van der Waals surface area contributed by atoms with Crippen LogP contribution >= 0.6 is 0 Å². The molecule has 118 valence electrons. The average molecular weight is 320 g/mol. The second kappa shape index (κ2) is 4.08. The monoisotopic (exact) mass is 320 g/mol. The molecule has 2 aromatic carbocycles. The van der Waals surface area contributed by atoms with Gasteiger partial charge in [0.1, 0.15) is 5.92 Å².